The normalized spacial score (nSPS) is 18.6. The summed E-state index contributed by atoms with van der Waals surface area (Å²) in [5, 5.41) is 14.4. The SMILES string of the molecule is CCCN(Cc1cccc([N+](=O)[O-])c1Br)C1CCNC1. The topological polar surface area (TPSA) is 58.4 Å². The summed E-state index contributed by atoms with van der Waals surface area (Å²) in [7, 11) is 0. The number of nitrogens with one attached hydrogen (secondary N) is 1. The van der Waals surface area contributed by atoms with E-state index < -0.39 is 0 Å². The molecule has 1 aromatic rings. The van der Waals surface area contributed by atoms with Crippen LogP contribution in [0.25, 0.3) is 0 Å². The van der Waals surface area contributed by atoms with Crippen molar-refractivity contribution in [2.75, 3.05) is 19.6 Å². The first-order valence-electron chi connectivity index (χ1n) is 7.00. The van der Waals surface area contributed by atoms with E-state index >= 15 is 0 Å². The fourth-order valence-corrected chi connectivity index (χ4v) is 3.21. The molecule has 0 spiro atoms. The Kier molecular flexibility index (Phi) is 5.51. The molecule has 0 amide bonds. The molecule has 1 N–H and O–H groups in total. The van der Waals surface area contributed by atoms with E-state index in [0.29, 0.717) is 10.5 Å². The third-order valence-electron chi connectivity index (χ3n) is 3.69. The van der Waals surface area contributed by atoms with E-state index in [1.165, 1.54) is 6.07 Å². The summed E-state index contributed by atoms with van der Waals surface area (Å²) >= 11 is 3.39. The second-order valence-electron chi connectivity index (χ2n) is 5.12. The van der Waals surface area contributed by atoms with E-state index in [4.69, 9.17) is 0 Å². The van der Waals surface area contributed by atoms with Gasteiger partial charge >= 0.3 is 0 Å². The van der Waals surface area contributed by atoms with E-state index in [9.17, 15) is 10.1 Å². The van der Waals surface area contributed by atoms with E-state index in [0.717, 1.165) is 44.6 Å². The highest BCUT2D eigenvalue weighted by atomic mass is 79.9. The van der Waals surface area contributed by atoms with E-state index in [1.54, 1.807) is 6.07 Å². The first-order chi connectivity index (χ1) is 9.63. The molecule has 5 nitrogen and oxygen atoms in total. The molecule has 6 heteroatoms. The molecule has 2 rings (SSSR count). The summed E-state index contributed by atoms with van der Waals surface area (Å²) in [5.74, 6) is 0. The van der Waals surface area contributed by atoms with Crippen LogP contribution in [0, 0.1) is 10.1 Å². The van der Waals surface area contributed by atoms with Gasteiger partial charge in [0.05, 0.1) is 9.40 Å². The standard InChI is InChI=1S/C14H20BrN3O2/c1-2-8-17(12-6-7-16-9-12)10-11-4-3-5-13(14(11)15)18(19)20/h3-5,12,16H,2,6-10H2,1H3. The first kappa shape index (κ1) is 15.4. The molecule has 1 aliphatic rings. The maximum atomic E-state index is 11.0. The maximum Gasteiger partial charge on any atom is 0.283 e. The average molecular weight is 342 g/mol. The quantitative estimate of drug-likeness (QED) is 0.638. The van der Waals surface area contributed by atoms with Gasteiger partial charge in [0.1, 0.15) is 0 Å². The lowest BCUT2D eigenvalue weighted by atomic mass is 10.1. The Labute approximate surface area is 127 Å². The van der Waals surface area contributed by atoms with Gasteiger partial charge in [-0.1, -0.05) is 19.1 Å². The highest BCUT2D eigenvalue weighted by molar-refractivity contribution is 9.10. The monoisotopic (exact) mass is 341 g/mol. The Morgan fingerprint density at radius 3 is 2.95 bits per heavy atom. The lowest BCUT2D eigenvalue weighted by Gasteiger charge is -2.28. The van der Waals surface area contributed by atoms with Gasteiger partial charge in [-0.2, -0.15) is 0 Å². The van der Waals surface area contributed by atoms with Crippen LogP contribution < -0.4 is 5.32 Å². The molecule has 20 heavy (non-hydrogen) atoms. The number of hydrogen-bond acceptors (Lipinski definition) is 4. The summed E-state index contributed by atoms with van der Waals surface area (Å²) in [5.41, 5.74) is 1.13. The minimum Gasteiger partial charge on any atom is -0.315 e. The molecule has 0 saturated carbocycles. The van der Waals surface area contributed by atoms with Gasteiger partial charge in [0.2, 0.25) is 0 Å². The van der Waals surface area contributed by atoms with Crippen molar-refractivity contribution in [3.05, 3.63) is 38.3 Å². The molecular formula is C14H20BrN3O2. The van der Waals surface area contributed by atoms with Crippen molar-refractivity contribution in [1.82, 2.24) is 10.2 Å². The summed E-state index contributed by atoms with van der Waals surface area (Å²) in [6.45, 7) is 6.00. The third kappa shape index (κ3) is 3.56. The highest BCUT2D eigenvalue weighted by Gasteiger charge is 2.23. The van der Waals surface area contributed by atoms with Crippen molar-refractivity contribution >= 4 is 21.6 Å². The first-order valence-corrected chi connectivity index (χ1v) is 7.79. The van der Waals surface area contributed by atoms with E-state index in [-0.39, 0.29) is 10.6 Å². The zero-order chi connectivity index (χ0) is 14.5. The van der Waals surface area contributed by atoms with Gasteiger partial charge in [-0.15, -0.1) is 0 Å². The lowest BCUT2D eigenvalue weighted by Crippen LogP contribution is -2.37. The molecule has 0 aromatic heterocycles. The Morgan fingerprint density at radius 1 is 1.55 bits per heavy atom. The molecule has 1 aromatic carbocycles. The predicted octanol–water partition coefficient (Wildman–Crippen LogP) is 2.93. The van der Waals surface area contributed by atoms with Crippen molar-refractivity contribution in [2.24, 2.45) is 0 Å². The van der Waals surface area contributed by atoms with Crippen molar-refractivity contribution < 1.29 is 4.92 Å². The van der Waals surface area contributed by atoms with Crippen LogP contribution in [0.1, 0.15) is 25.3 Å². The number of hydrogen-bond donors (Lipinski definition) is 1. The molecule has 0 radical (unpaired) electrons. The Hall–Kier alpha value is -0.980. The minimum absolute atomic E-state index is 0.142. The van der Waals surface area contributed by atoms with Crippen molar-refractivity contribution in [3.63, 3.8) is 0 Å². The van der Waals surface area contributed by atoms with Crippen LogP contribution in [0.15, 0.2) is 22.7 Å². The van der Waals surface area contributed by atoms with Gasteiger partial charge in [-0.05, 0) is 47.4 Å². The maximum absolute atomic E-state index is 11.0. The van der Waals surface area contributed by atoms with Crippen LogP contribution in [0.4, 0.5) is 5.69 Å². The zero-order valence-electron chi connectivity index (χ0n) is 11.6. The number of halogens is 1. The van der Waals surface area contributed by atoms with Crippen LogP contribution in [0.3, 0.4) is 0 Å². The number of nitro benzene ring substituents is 1. The van der Waals surface area contributed by atoms with Gasteiger partial charge in [-0.25, -0.2) is 0 Å². The predicted molar refractivity (Wildman–Crippen MR) is 82.8 cm³/mol. The zero-order valence-corrected chi connectivity index (χ0v) is 13.2. The molecule has 1 atom stereocenters. The number of benzene rings is 1. The fourth-order valence-electron chi connectivity index (χ4n) is 2.68. The third-order valence-corrected chi connectivity index (χ3v) is 4.61. The largest absolute Gasteiger partial charge is 0.315 e. The van der Waals surface area contributed by atoms with Crippen LogP contribution in [-0.4, -0.2) is 35.5 Å². The lowest BCUT2D eigenvalue weighted by molar-refractivity contribution is -0.385. The second kappa shape index (κ2) is 7.15. The molecular weight excluding hydrogens is 322 g/mol. The minimum atomic E-state index is -0.338. The van der Waals surface area contributed by atoms with Crippen LogP contribution in [0.2, 0.25) is 0 Å². The molecule has 110 valence electrons. The summed E-state index contributed by atoms with van der Waals surface area (Å²) in [4.78, 5) is 13.1. The van der Waals surface area contributed by atoms with Crippen molar-refractivity contribution in [3.8, 4) is 0 Å². The van der Waals surface area contributed by atoms with Crippen LogP contribution >= 0.6 is 15.9 Å². The molecule has 1 unspecified atom stereocenters. The van der Waals surface area contributed by atoms with Gasteiger partial charge in [0.25, 0.3) is 5.69 Å². The molecule has 1 aliphatic heterocycles. The van der Waals surface area contributed by atoms with Gasteiger partial charge in [-0.3, -0.25) is 15.0 Å². The Morgan fingerprint density at radius 2 is 2.35 bits per heavy atom. The number of nitro groups is 1. The summed E-state index contributed by atoms with van der Waals surface area (Å²) < 4.78 is 0.608. The van der Waals surface area contributed by atoms with Crippen LogP contribution in [-0.2, 0) is 6.54 Å². The van der Waals surface area contributed by atoms with Gasteiger partial charge < -0.3 is 5.32 Å². The number of rotatable bonds is 6. The summed E-state index contributed by atoms with van der Waals surface area (Å²) in [6.07, 6.45) is 2.23. The molecule has 0 aliphatic carbocycles. The van der Waals surface area contributed by atoms with Gasteiger partial charge in [0.15, 0.2) is 0 Å². The molecule has 0 bridgehead atoms. The van der Waals surface area contributed by atoms with Crippen molar-refractivity contribution in [1.29, 1.82) is 0 Å². The highest BCUT2D eigenvalue weighted by Crippen LogP contribution is 2.29. The molecule has 1 heterocycles. The van der Waals surface area contributed by atoms with E-state index in [1.807, 2.05) is 6.07 Å². The molecule has 1 saturated heterocycles. The Balaban J connectivity index is 2.17. The molecule has 1 fully saturated rings. The fraction of sp³-hybridized carbons (Fsp3) is 0.571. The van der Waals surface area contributed by atoms with E-state index in [2.05, 4.69) is 33.1 Å². The van der Waals surface area contributed by atoms with Gasteiger partial charge in [0, 0.05) is 25.2 Å². The number of nitrogens with zero attached hydrogens (tertiary/aromatic N) is 2. The van der Waals surface area contributed by atoms with Crippen molar-refractivity contribution in [2.45, 2.75) is 32.4 Å². The average Bonchev–Trinajstić information content (AvgIpc) is 2.94. The van der Waals surface area contributed by atoms with Crippen LogP contribution in [0.5, 0.6) is 0 Å². The smallest absolute Gasteiger partial charge is 0.283 e. The Bertz CT molecular complexity index is 475. The second-order valence-corrected chi connectivity index (χ2v) is 5.92. The summed E-state index contributed by atoms with van der Waals surface area (Å²) in [6, 6.07) is 5.79.